The molecule has 2 bridgehead atoms. The van der Waals surface area contributed by atoms with Gasteiger partial charge in [-0.25, -0.2) is 13.6 Å². The molecule has 1 N–H and O–H groups in total. The molecule has 148 valence electrons. The van der Waals surface area contributed by atoms with Crippen molar-refractivity contribution in [1.29, 1.82) is 0 Å². The number of fused-ring (bicyclic) bond motifs is 2. The van der Waals surface area contributed by atoms with Gasteiger partial charge in [-0.05, 0) is 37.0 Å². The Morgan fingerprint density at radius 2 is 1.79 bits per heavy atom. The van der Waals surface area contributed by atoms with Crippen molar-refractivity contribution in [1.82, 2.24) is 4.90 Å². The van der Waals surface area contributed by atoms with Crippen LogP contribution in [0.4, 0.5) is 13.6 Å². The standard InChI is InChI=1S/C22H23F2NO3/c1-14-9-18(20(24)10-19(14)23)22(27)11-16-7-8-17(12-22)25(16)21(26)28-13-15-5-3-2-4-6-15/h2-6,9-10,16-17,27H,7-8,11-13H2,1H3. The van der Waals surface area contributed by atoms with Crippen LogP contribution in [0.3, 0.4) is 0 Å². The highest BCUT2D eigenvalue weighted by molar-refractivity contribution is 5.69. The highest BCUT2D eigenvalue weighted by Crippen LogP contribution is 2.46. The van der Waals surface area contributed by atoms with Gasteiger partial charge in [0.2, 0.25) is 0 Å². The van der Waals surface area contributed by atoms with Gasteiger partial charge < -0.3 is 14.7 Å². The third kappa shape index (κ3) is 3.37. The van der Waals surface area contributed by atoms with Crippen molar-refractivity contribution < 1.29 is 23.4 Å². The van der Waals surface area contributed by atoms with Crippen LogP contribution in [0.15, 0.2) is 42.5 Å². The van der Waals surface area contributed by atoms with Gasteiger partial charge in [0, 0.05) is 36.6 Å². The third-order valence-corrected chi connectivity index (χ3v) is 5.93. The summed E-state index contributed by atoms with van der Waals surface area (Å²) >= 11 is 0. The van der Waals surface area contributed by atoms with Crippen molar-refractivity contribution in [2.24, 2.45) is 0 Å². The zero-order chi connectivity index (χ0) is 19.9. The third-order valence-electron chi connectivity index (χ3n) is 5.93. The topological polar surface area (TPSA) is 49.8 Å². The lowest BCUT2D eigenvalue weighted by Gasteiger charge is -2.43. The first-order valence-electron chi connectivity index (χ1n) is 9.55. The molecule has 2 aliphatic heterocycles. The van der Waals surface area contributed by atoms with E-state index >= 15 is 0 Å². The average molecular weight is 387 g/mol. The quantitative estimate of drug-likeness (QED) is 0.848. The summed E-state index contributed by atoms with van der Waals surface area (Å²) in [6.07, 6.45) is 1.48. The van der Waals surface area contributed by atoms with E-state index < -0.39 is 23.3 Å². The number of halogens is 2. The molecule has 2 aliphatic rings. The maximum atomic E-state index is 14.4. The Hall–Kier alpha value is -2.47. The SMILES string of the molecule is Cc1cc(C2(O)CC3CCC(C2)N3C(=O)OCc2ccccc2)c(F)cc1F. The van der Waals surface area contributed by atoms with E-state index in [9.17, 15) is 18.7 Å². The fourth-order valence-electron chi connectivity index (χ4n) is 4.55. The van der Waals surface area contributed by atoms with Gasteiger partial charge in [0.25, 0.3) is 0 Å². The molecule has 0 aliphatic carbocycles. The molecule has 4 rings (SSSR count). The number of piperidine rings is 1. The van der Waals surface area contributed by atoms with Crippen LogP contribution in [0.2, 0.25) is 0 Å². The first-order chi connectivity index (χ1) is 13.4. The number of amides is 1. The zero-order valence-electron chi connectivity index (χ0n) is 15.7. The van der Waals surface area contributed by atoms with Crippen LogP contribution in [-0.2, 0) is 16.9 Å². The fourth-order valence-corrected chi connectivity index (χ4v) is 4.55. The minimum atomic E-state index is -1.41. The molecule has 6 heteroatoms. The lowest BCUT2D eigenvalue weighted by molar-refractivity contribution is -0.0557. The molecule has 4 nitrogen and oxygen atoms in total. The first kappa shape index (κ1) is 18.9. The Balaban J connectivity index is 1.50. The predicted octanol–water partition coefficient (Wildman–Crippen LogP) is 4.42. The number of carbonyl (C=O) groups excluding carboxylic acids is 1. The van der Waals surface area contributed by atoms with Gasteiger partial charge in [0.15, 0.2) is 0 Å². The van der Waals surface area contributed by atoms with E-state index in [1.165, 1.54) is 6.07 Å². The number of hydrogen-bond donors (Lipinski definition) is 1. The normalized spacial score (nSPS) is 26.4. The van der Waals surface area contributed by atoms with E-state index in [-0.39, 0.29) is 37.1 Å². The second-order valence-electron chi connectivity index (χ2n) is 7.85. The molecule has 2 atom stereocenters. The van der Waals surface area contributed by atoms with Crippen LogP contribution in [0.25, 0.3) is 0 Å². The Labute approximate surface area is 162 Å². The van der Waals surface area contributed by atoms with Crippen molar-refractivity contribution in [2.75, 3.05) is 0 Å². The molecule has 2 unspecified atom stereocenters. The van der Waals surface area contributed by atoms with E-state index in [2.05, 4.69) is 0 Å². The Morgan fingerprint density at radius 3 is 2.43 bits per heavy atom. The summed E-state index contributed by atoms with van der Waals surface area (Å²) in [5.74, 6) is -1.38. The number of hydrogen-bond acceptors (Lipinski definition) is 3. The average Bonchev–Trinajstić information content (AvgIpc) is 2.95. The van der Waals surface area contributed by atoms with Crippen LogP contribution in [0.5, 0.6) is 0 Å². The van der Waals surface area contributed by atoms with Crippen molar-refractivity contribution in [3.8, 4) is 0 Å². The van der Waals surface area contributed by atoms with E-state index in [0.717, 1.165) is 24.5 Å². The summed E-state index contributed by atoms with van der Waals surface area (Å²) in [4.78, 5) is 14.3. The summed E-state index contributed by atoms with van der Waals surface area (Å²) in [5.41, 5.74) is -0.104. The van der Waals surface area contributed by atoms with Crippen LogP contribution < -0.4 is 0 Å². The van der Waals surface area contributed by atoms with Gasteiger partial charge in [0.05, 0.1) is 5.60 Å². The van der Waals surface area contributed by atoms with Crippen LogP contribution in [0, 0.1) is 18.6 Å². The maximum Gasteiger partial charge on any atom is 0.410 e. The predicted molar refractivity (Wildman–Crippen MR) is 99.5 cm³/mol. The molecule has 28 heavy (non-hydrogen) atoms. The lowest BCUT2D eigenvalue weighted by atomic mass is 9.80. The minimum Gasteiger partial charge on any atom is -0.445 e. The highest BCUT2D eigenvalue weighted by atomic mass is 19.1. The molecule has 2 saturated heterocycles. The van der Waals surface area contributed by atoms with Crippen molar-refractivity contribution in [2.45, 2.75) is 56.9 Å². The number of aryl methyl sites for hydroxylation is 1. The lowest BCUT2D eigenvalue weighted by Crippen LogP contribution is -2.52. The molecule has 2 aromatic rings. The van der Waals surface area contributed by atoms with E-state index in [1.807, 2.05) is 30.3 Å². The molecular weight excluding hydrogens is 364 g/mol. The number of benzene rings is 2. The number of aliphatic hydroxyl groups is 1. The van der Waals surface area contributed by atoms with E-state index in [4.69, 9.17) is 4.74 Å². The summed E-state index contributed by atoms with van der Waals surface area (Å²) in [6, 6.07) is 11.2. The molecule has 2 heterocycles. The summed E-state index contributed by atoms with van der Waals surface area (Å²) < 4.78 is 33.5. The molecule has 1 amide bonds. The van der Waals surface area contributed by atoms with Crippen molar-refractivity contribution in [3.63, 3.8) is 0 Å². The molecule has 0 aromatic heterocycles. The van der Waals surface area contributed by atoms with Crippen LogP contribution in [-0.4, -0.2) is 28.2 Å². The Kier molecular flexibility index (Phi) is 4.83. The fraction of sp³-hybridized carbons (Fsp3) is 0.409. The van der Waals surface area contributed by atoms with E-state index in [0.29, 0.717) is 5.56 Å². The van der Waals surface area contributed by atoms with Gasteiger partial charge in [-0.15, -0.1) is 0 Å². The number of nitrogens with zero attached hydrogens (tertiary/aromatic N) is 1. The van der Waals surface area contributed by atoms with Gasteiger partial charge in [-0.2, -0.15) is 0 Å². The van der Waals surface area contributed by atoms with Crippen LogP contribution in [0.1, 0.15) is 42.4 Å². The minimum absolute atomic E-state index is 0.112. The molecular formula is C22H23F2NO3. The second-order valence-corrected chi connectivity index (χ2v) is 7.85. The second kappa shape index (κ2) is 7.17. The maximum absolute atomic E-state index is 14.4. The van der Waals surface area contributed by atoms with Crippen LogP contribution >= 0.6 is 0 Å². The molecule has 2 fully saturated rings. The first-order valence-corrected chi connectivity index (χ1v) is 9.55. The summed E-state index contributed by atoms with van der Waals surface area (Å²) in [5, 5.41) is 11.2. The van der Waals surface area contributed by atoms with Gasteiger partial charge >= 0.3 is 6.09 Å². The molecule has 0 radical (unpaired) electrons. The van der Waals surface area contributed by atoms with Gasteiger partial charge in [-0.1, -0.05) is 30.3 Å². The van der Waals surface area contributed by atoms with Crippen molar-refractivity contribution >= 4 is 6.09 Å². The van der Waals surface area contributed by atoms with Gasteiger partial charge in [-0.3, -0.25) is 0 Å². The highest BCUT2D eigenvalue weighted by Gasteiger charge is 2.51. The summed E-state index contributed by atoms with van der Waals surface area (Å²) in [7, 11) is 0. The monoisotopic (exact) mass is 387 g/mol. The largest absolute Gasteiger partial charge is 0.445 e. The molecule has 0 saturated carbocycles. The number of carbonyl (C=O) groups is 1. The van der Waals surface area contributed by atoms with Crippen molar-refractivity contribution in [3.05, 3.63) is 70.8 Å². The summed E-state index contributed by atoms with van der Waals surface area (Å²) in [6.45, 7) is 1.73. The van der Waals surface area contributed by atoms with E-state index in [1.54, 1.807) is 11.8 Å². The smallest absolute Gasteiger partial charge is 0.410 e. The molecule has 0 spiro atoms. The van der Waals surface area contributed by atoms with Gasteiger partial charge in [0.1, 0.15) is 18.2 Å². The Morgan fingerprint density at radius 1 is 1.14 bits per heavy atom. The Bertz CT molecular complexity index is 873. The number of rotatable bonds is 3. The molecule has 2 aromatic carbocycles. The zero-order valence-corrected chi connectivity index (χ0v) is 15.7. The number of ether oxygens (including phenoxy) is 1.